The zero-order valence-electron chi connectivity index (χ0n) is 18.7. The Kier molecular flexibility index (Phi) is 5.42. The highest BCUT2D eigenvalue weighted by Gasteiger charge is 2.24. The molecule has 0 spiro atoms. The van der Waals surface area contributed by atoms with Gasteiger partial charge in [-0.05, 0) is 36.8 Å². The predicted octanol–water partition coefficient (Wildman–Crippen LogP) is 3.84. The van der Waals surface area contributed by atoms with Crippen molar-refractivity contribution >= 4 is 27.8 Å². The maximum absolute atomic E-state index is 11.9. The Morgan fingerprint density at radius 1 is 1.09 bits per heavy atom. The molecule has 1 fully saturated rings. The van der Waals surface area contributed by atoms with Crippen LogP contribution >= 0.6 is 0 Å². The van der Waals surface area contributed by atoms with E-state index in [0.29, 0.717) is 24.6 Å². The van der Waals surface area contributed by atoms with Crippen LogP contribution in [-0.4, -0.2) is 56.6 Å². The number of methoxy groups -OCH3 is 1. The highest BCUT2D eigenvalue weighted by atomic mass is 16.5. The van der Waals surface area contributed by atoms with Crippen LogP contribution in [0.1, 0.15) is 18.4 Å². The Morgan fingerprint density at radius 3 is 2.67 bits per heavy atom. The lowest BCUT2D eigenvalue weighted by molar-refractivity contribution is -0.127. The van der Waals surface area contributed by atoms with E-state index in [4.69, 9.17) is 9.47 Å². The van der Waals surface area contributed by atoms with Gasteiger partial charge in [0.25, 0.3) is 0 Å². The maximum Gasteiger partial charge on any atom is 0.245 e. The van der Waals surface area contributed by atoms with Gasteiger partial charge in [0.05, 0.1) is 23.7 Å². The van der Waals surface area contributed by atoms with Crippen molar-refractivity contribution in [2.75, 3.05) is 20.2 Å². The molecule has 33 heavy (non-hydrogen) atoms. The van der Waals surface area contributed by atoms with E-state index in [9.17, 15) is 4.79 Å². The molecule has 1 saturated heterocycles. The molecule has 8 nitrogen and oxygen atoms in total. The number of hydrogen-bond acceptors (Lipinski definition) is 6. The Bertz CT molecular complexity index is 1360. The van der Waals surface area contributed by atoms with Gasteiger partial charge in [-0.3, -0.25) is 9.36 Å². The summed E-state index contributed by atoms with van der Waals surface area (Å²) in [5, 5.41) is 0.840. The van der Waals surface area contributed by atoms with E-state index in [1.165, 1.54) is 6.08 Å². The Balaban J connectivity index is 1.51. The molecular weight excluding hydrogens is 418 g/mol. The fraction of sp³-hybridized carbons (Fsp3) is 0.280. The molecule has 0 aliphatic carbocycles. The molecule has 8 heteroatoms. The first-order chi connectivity index (χ1) is 16.1. The molecule has 2 aromatic carbocycles. The number of imidazole rings is 1. The van der Waals surface area contributed by atoms with Gasteiger partial charge in [-0.2, -0.15) is 0 Å². The van der Waals surface area contributed by atoms with Gasteiger partial charge in [-0.1, -0.05) is 12.6 Å². The maximum atomic E-state index is 11.9. The topological polar surface area (TPSA) is 82.4 Å². The molecule has 0 bridgehead atoms. The molecule has 0 atom stereocenters. The quantitative estimate of drug-likeness (QED) is 0.436. The lowest BCUT2D eigenvalue weighted by Gasteiger charge is -2.31. The molecule has 0 unspecified atom stereocenters. The first kappa shape index (κ1) is 20.9. The molecule has 5 rings (SSSR count). The van der Waals surface area contributed by atoms with Crippen LogP contribution in [0.15, 0.2) is 55.6 Å². The zero-order valence-corrected chi connectivity index (χ0v) is 18.7. The number of nitrogens with zero attached hydrogens (tertiary/aromatic N) is 5. The summed E-state index contributed by atoms with van der Waals surface area (Å²) in [5.41, 5.74) is 3.79. The lowest BCUT2D eigenvalue weighted by atomic mass is 10.1. The van der Waals surface area contributed by atoms with Gasteiger partial charge in [0.15, 0.2) is 11.5 Å². The molecule has 1 aliphatic heterocycles. The summed E-state index contributed by atoms with van der Waals surface area (Å²) in [6.45, 7) is 6.90. The molecule has 0 saturated carbocycles. The predicted molar refractivity (Wildman–Crippen MR) is 126 cm³/mol. The van der Waals surface area contributed by atoms with Crippen LogP contribution in [0, 0.1) is 6.92 Å². The van der Waals surface area contributed by atoms with Crippen LogP contribution in [0.3, 0.4) is 0 Å². The van der Waals surface area contributed by atoms with Crippen LogP contribution in [0.5, 0.6) is 11.5 Å². The van der Waals surface area contributed by atoms with Crippen LogP contribution < -0.4 is 9.47 Å². The number of ether oxygens (including phenoxy) is 2. The van der Waals surface area contributed by atoms with Gasteiger partial charge in [0.1, 0.15) is 24.6 Å². The van der Waals surface area contributed by atoms with E-state index in [2.05, 4.69) is 33.7 Å². The van der Waals surface area contributed by atoms with Crippen LogP contribution in [0.25, 0.3) is 27.8 Å². The van der Waals surface area contributed by atoms with E-state index in [1.54, 1.807) is 24.7 Å². The molecule has 4 aromatic rings. The van der Waals surface area contributed by atoms with Gasteiger partial charge < -0.3 is 14.4 Å². The van der Waals surface area contributed by atoms with Gasteiger partial charge >= 0.3 is 0 Å². The number of piperidine rings is 1. The number of aryl methyl sites for hydroxylation is 1. The Morgan fingerprint density at radius 2 is 1.91 bits per heavy atom. The summed E-state index contributed by atoms with van der Waals surface area (Å²) in [6.07, 6.45) is 6.15. The summed E-state index contributed by atoms with van der Waals surface area (Å²) in [6, 6.07) is 9.96. The Labute approximate surface area is 191 Å². The second-order valence-electron chi connectivity index (χ2n) is 8.17. The van der Waals surface area contributed by atoms with Crippen LogP contribution in [-0.2, 0) is 4.79 Å². The third-order valence-corrected chi connectivity index (χ3v) is 6.05. The lowest BCUT2D eigenvalue weighted by Crippen LogP contribution is -2.41. The van der Waals surface area contributed by atoms with Crippen LogP contribution in [0.4, 0.5) is 0 Å². The highest BCUT2D eigenvalue weighted by Crippen LogP contribution is 2.35. The first-order valence-corrected chi connectivity index (χ1v) is 10.9. The van der Waals surface area contributed by atoms with Crippen molar-refractivity contribution in [2.45, 2.75) is 25.9 Å². The second-order valence-corrected chi connectivity index (χ2v) is 8.17. The molecular formula is C25H25N5O3. The summed E-state index contributed by atoms with van der Waals surface area (Å²) >= 11 is 0. The fourth-order valence-electron chi connectivity index (χ4n) is 4.29. The minimum atomic E-state index is -0.0405. The van der Waals surface area contributed by atoms with E-state index in [1.807, 2.05) is 29.7 Å². The minimum absolute atomic E-state index is 0.0182. The number of carbonyl (C=O) groups is 1. The van der Waals surface area contributed by atoms with E-state index in [-0.39, 0.29) is 12.0 Å². The van der Waals surface area contributed by atoms with Crippen molar-refractivity contribution in [1.82, 2.24) is 24.4 Å². The average Bonchev–Trinajstić information content (AvgIpc) is 3.26. The van der Waals surface area contributed by atoms with Gasteiger partial charge in [0, 0.05) is 37.4 Å². The smallest absolute Gasteiger partial charge is 0.245 e. The third kappa shape index (κ3) is 3.88. The minimum Gasteiger partial charge on any atom is -0.493 e. The van der Waals surface area contributed by atoms with Crippen molar-refractivity contribution in [3.05, 3.63) is 61.2 Å². The number of rotatable bonds is 5. The standard InChI is InChI=1S/C25H25N5O3/c1-4-24(31)29-9-7-17(8-10-29)33-23-12-18-19(13-22(23)32-3)26-14-27-25(18)30-15-28-20-11-16(2)5-6-21(20)30/h4-6,11-15,17H,1,7-10H2,2-3H3. The van der Waals surface area contributed by atoms with E-state index >= 15 is 0 Å². The third-order valence-electron chi connectivity index (χ3n) is 6.05. The number of aromatic nitrogens is 4. The largest absolute Gasteiger partial charge is 0.493 e. The number of hydrogen-bond donors (Lipinski definition) is 0. The van der Waals surface area contributed by atoms with E-state index < -0.39 is 0 Å². The van der Waals surface area contributed by atoms with Crippen molar-refractivity contribution in [3.8, 4) is 17.3 Å². The highest BCUT2D eigenvalue weighted by molar-refractivity contribution is 5.90. The Hall–Kier alpha value is -3.94. The average molecular weight is 444 g/mol. The summed E-state index contributed by atoms with van der Waals surface area (Å²) in [7, 11) is 1.62. The van der Waals surface area contributed by atoms with Crippen molar-refractivity contribution < 1.29 is 14.3 Å². The monoisotopic (exact) mass is 443 g/mol. The molecule has 1 aliphatic rings. The van der Waals surface area contributed by atoms with Crippen molar-refractivity contribution in [2.24, 2.45) is 0 Å². The van der Waals surface area contributed by atoms with Gasteiger partial charge in [-0.25, -0.2) is 15.0 Å². The van der Waals surface area contributed by atoms with Gasteiger partial charge in [-0.15, -0.1) is 0 Å². The molecule has 3 heterocycles. The SMILES string of the molecule is C=CC(=O)N1CCC(Oc2cc3c(-n4cnc5cc(C)ccc54)ncnc3cc2OC)CC1. The first-order valence-electron chi connectivity index (χ1n) is 10.9. The zero-order chi connectivity index (χ0) is 22.9. The molecule has 1 amide bonds. The molecule has 168 valence electrons. The van der Waals surface area contributed by atoms with Crippen molar-refractivity contribution in [1.29, 1.82) is 0 Å². The summed E-state index contributed by atoms with van der Waals surface area (Å²) in [5.74, 6) is 1.93. The second kappa shape index (κ2) is 8.54. The van der Waals surface area contributed by atoms with Crippen LogP contribution in [0.2, 0.25) is 0 Å². The van der Waals surface area contributed by atoms with E-state index in [0.717, 1.165) is 46.2 Å². The molecule has 2 aromatic heterocycles. The number of carbonyl (C=O) groups excluding carboxylic acids is 1. The summed E-state index contributed by atoms with van der Waals surface area (Å²) < 4.78 is 13.9. The normalized spacial score (nSPS) is 14.5. The number of amides is 1. The fourth-order valence-corrected chi connectivity index (χ4v) is 4.29. The summed E-state index contributed by atoms with van der Waals surface area (Å²) in [4.78, 5) is 27.2. The van der Waals surface area contributed by atoms with Gasteiger partial charge in [0.2, 0.25) is 5.91 Å². The molecule has 0 N–H and O–H groups in total. The number of likely N-dealkylation sites (tertiary alicyclic amines) is 1. The van der Waals surface area contributed by atoms with Crippen molar-refractivity contribution in [3.63, 3.8) is 0 Å². The number of fused-ring (bicyclic) bond motifs is 2. The number of benzene rings is 2. The molecule has 0 radical (unpaired) electrons.